The Morgan fingerprint density at radius 1 is 1.42 bits per heavy atom. The Bertz CT molecular complexity index is 431. The quantitative estimate of drug-likeness (QED) is 0.605. The molecule has 2 aromatic rings. The zero-order chi connectivity index (χ0) is 8.55. The van der Waals surface area contributed by atoms with Crippen molar-refractivity contribution < 1.29 is 13.6 Å². The molecule has 0 saturated carbocycles. The minimum absolute atomic E-state index is 0.139. The third kappa shape index (κ3) is 0.830. The van der Waals surface area contributed by atoms with Crippen LogP contribution in [0.25, 0.3) is 11.0 Å². The number of carbonyl (C=O) groups is 1. The summed E-state index contributed by atoms with van der Waals surface area (Å²) < 4.78 is 17.8. The van der Waals surface area contributed by atoms with Gasteiger partial charge in [0.2, 0.25) is 0 Å². The maximum atomic E-state index is 12.9. The lowest BCUT2D eigenvalue weighted by molar-refractivity contribution is 0.112. The first kappa shape index (κ1) is 7.03. The summed E-state index contributed by atoms with van der Waals surface area (Å²) in [7, 11) is 0. The summed E-state index contributed by atoms with van der Waals surface area (Å²) in [4.78, 5) is 10.4. The van der Waals surface area contributed by atoms with Crippen LogP contribution in [0.3, 0.4) is 0 Å². The maximum absolute atomic E-state index is 12.9. The third-order valence-electron chi connectivity index (χ3n) is 1.71. The molecule has 60 valence electrons. The van der Waals surface area contributed by atoms with Crippen molar-refractivity contribution in [3.8, 4) is 0 Å². The van der Waals surface area contributed by atoms with Crippen LogP contribution in [0, 0.1) is 5.82 Å². The van der Waals surface area contributed by atoms with Crippen molar-refractivity contribution in [3.05, 3.63) is 35.8 Å². The molecule has 0 aliphatic carbocycles. The lowest BCUT2D eigenvalue weighted by atomic mass is 10.2. The van der Waals surface area contributed by atoms with Crippen LogP contribution in [-0.2, 0) is 0 Å². The molecule has 1 aromatic heterocycles. The van der Waals surface area contributed by atoms with E-state index < -0.39 is 5.82 Å². The van der Waals surface area contributed by atoms with Gasteiger partial charge in [0.25, 0.3) is 0 Å². The normalized spacial score (nSPS) is 10.4. The molecule has 0 fully saturated rings. The van der Waals surface area contributed by atoms with Gasteiger partial charge >= 0.3 is 0 Å². The first-order chi connectivity index (χ1) is 5.83. The summed E-state index contributed by atoms with van der Waals surface area (Å²) in [5.74, 6) is -0.444. The number of carbonyl (C=O) groups excluding carboxylic acids is 1. The highest BCUT2D eigenvalue weighted by Gasteiger charge is 2.07. The van der Waals surface area contributed by atoms with E-state index in [1.807, 2.05) is 0 Å². The monoisotopic (exact) mass is 164 g/mol. The molecular weight excluding hydrogens is 159 g/mol. The highest BCUT2D eigenvalue weighted by Crippen LogP contribution is 2.21. The summed E-state index contributed by atoms with van der Waals surface area (Å²) in [5.41, 5.74) is 0.518. The van der Waals surface area contributed by atoms with Gasteiger partial charge in [-0.05, 0) is 6.07 Å². The summed E-state index contributed by atoms with van der Waals surface area (Å²) in [6, 6.07) is 4.48. The molecule has 2 rings (SSSR count). The van der Waals surface area contributed by atoms with E-state index in [0.29, 0.717) is 17.2 Å². The Kier molecular flexibility index (Phi) is 1.43. The molecule has 2 nitrogen and oxygen atoms in total. The summed E-state index contributed by atoms with van der Waals surface area (Å²) in [6.07, 6.45) is 1.89. The van der Waals surface area contributed by atoms with Crippen LogP contribution in [0.5, 0.6) is 0 Å². The molecule has 0 unspecified atom stereocenters. The molecule has 0 saturated heterocycles. The predicted molar refractivity (Wildman–Crippen MR) is 41.6 cm³/mol. The molecule has 0 amide bonds. The van der Waals surface area contributed by atoms with Gasteiger partial charge in [-0.15, -0.1) is 0 Å². The van der Waals surface area contributed by atoms with E-state index in [4.69, 9.17) is 4.42 Å². The lowest BCUT2D eigenvalue weighted by Gasteiger charge is -1.88. The third-order valence-corrected chi connectivity index (χ3v) is 1.71. The van der Waals surface area contributed by atoms with Crippen LogP contribution in [0.2, 0.25) is 0 Å². The molecule has 12 heavy (non-hydrogen) atoms. The second-order valence-electron chi connectivity index (χ2n) is 2.43. The molecule has 0 atom stereocenters. The Morgan fingerprint density at radius 3 is 3.00 bits per heavy atom. The van der Waals surface area contributed by atoms with Crippen molar-refractivity contribution in [2.24, 2.45) is 0 Å². The van der Waals surface area contributed by atoms with Crippen LogP contribution < -0.4 is 0 Å². The first-order valence-corrected chi connectivity index (χ1v) is 3.44. The van der Waals surface area contributed by atoms with Crippen LogP contribution in [0.1, 0.15) is 10.4 Å². The van der Waals surface area contributed by atoms with Crippen LogP contribution in [0.4, 0.5) is 4.39 Å². The highest BCUT2D eigenvalue weighted by atomic mass is 19.1. The summed E-state index contributed by atoms with van der Waals surface area (Å²) in [5, 5.41) is 0.519. The number of furan rings is 1. The van der Waals surface area contributed by atoms with Gasteiger partial charge in [0, 0.05) is 5.39 Å². The van der Waals surface area contributed by atoms with E-state index in [1.165, 1.54) is 12.3 Å². The minimum atomic E-state index is -0.444. The van der Waals surface area contributed by atoms with Crippen molar-refractivity contribution in [1.82, 2.24) is 0 Å². The second-order valence-corrected chi connectivity index (χ2v) is 2.43. The van der Waals surface area contributed by atoms with Crippen molar-refractivity contribution in [2.75, 3.05) is 0 Å². The fourth-order valence-electron chi connectivity index (χ4n) is 1.13. The average molecular weight is 164 g/mol. The topological polar surface area (TPSA) is 30.2 Å². The number of hydrogen-bond acceptors (Lipinski definition) is 2. The number of aldehydes is 1. The fraction of sp³-hybridized carbons (Fsp3) is 0. The number of para-hydroxylation sites is 1. The smallest absolute Gasteiger partial charge is 0.170 e. The maximum Gasteiger partial charge on any atom is 0.170 e. The van der Waals surface area contributed by atoms with Crippen LogP contribution in [-0.4, -0.2) is 6.29 Å². The molecule has 0 N–H and O–H groups in total. The van der Waals surface area contributed by atoms with Gasteiger partial charge in [0.05, 0.1) is 5.56 Å². The minimum Gasteiger partial charge on any atom is -0.460 e. The summed E-state index contributed by atoms with van der Waals surface area (Å²) in [6.45, 7) is 0. The van der Waals surface area contributed by atoms with Gasteiger partial charge in [0.1, 0.15) is 6.26 Å². The van der Waals surface area contributed by atoms with Gasteiger partial charge in [-0.1, -0.05) is 12.1 Å². The van der Waals surface area contributed by atoms with E-state index in [2.05, 4.69) is 0 Å². The van der Waals surface area contributed by atoms with Gasteiger partial charge in [-0.2, -0.15) is 0 Å². The van der Waals surface area contributed by atoms with Crippen LogP contribution >= 0.6 is 0 Å². The number of benzene rings is 1. The first-order valence-electron chi connectivity index (χ1n) is 3.44. The molecule has 0 bridgehead atoms. The van der Waals surface area contributed by atoms with Crippen molar-refractivity contribution in [2.45, 2.75) is 0 Å². The van der Waals surface area contributed by atoms with Crippen molar-refractivity contribution >= 4 is 17.3 Å². The average Bonchev–Trinajstić information content (AvgIpc) is 2.49. The fourth-order valence-corrected chi connectivity index (χ4v) is 1.13. The lowest BCUT2D eigenvalue weighted by Crippen LogP contribution is -1.76. The molecule has 0 radical (unpaired) electrons. The highest BCUT2D eigenvalue weighted by molar-refractivity contribution is 5.95. The zero-order valence-electron chi connectivity index (χ0n) is 6.08. The second kappa shape index (κ2) is 2.44. The van der Waals surface area contributed by atoms with Gasteiger partial charge in [-0.25, -0.2) is 4.39 Å². The molecular formula is C9H5FO2. The van der Waals surface area contributed by atoms with E-state index in [1.54, 1.807) is 12.1 Å². The number of fused-ring (bicyclic) bond motifs is 1. The Balaban J connectivity index is 2.88. The van der Waals surface area contributed by atoms with Gasteiger partial charge in [-0.3, -0.25) is 4.79 Å². The molecule has 1 aromatic carbocycles. The van der Waals surface area contributed by atoms with Gasteiger partial charge < -0.3 is 4.42 Å². The van der Waals surface area contributed by atoms with Crippen molar-refractivity contribution in [1.29, 1.82) is 0 Å². The Hall–Kier alpha value is -1.64. The van der Waals surface area contributed by atoms with E-state index in [0.717, 1.165) is 0 Å². The van der Waals surface area contributed by atoms with E-state index >= 15 is 0 Å². The van der Waals surface area contributed by atoms with Crippen LogP contribution in [0.15, 0.2) is 28.9 Å². The number of rotatable bonds is 1. The SMILES string of the molecule is O=Cc1coc2c(F)cccc12. The van der Waals surface area contributed by atoms with Crippen molar-refractivity contribution in [3.63, 3.8) is 0 Å². The number of halogens is 1. The summed E-state index contributed by atoms with van der Waals surface area (Å²) >= 11 is 0. The molecule has 0 spiro atoms. The van der Waals surface area contributed by atoms with E-state index in [-0.39, 0.29) is 5.58 Å². The molecule has 3 heteroatoms. The standard InChI is InChI=1S/C9H5FO2/c10-8-3-1-2-7-6(4-11)5-12-9(7)8/h1-5H. The van der Waals surface area contributed by atoms with Gasteiger partial charge in [0.15, 0.2) is 17.7 Å². The largest absolute Gasteiger partial charge is 0.460 e. The molecule has 0 aliphatic heterocycles. The Morgan fingerprint density at radius 2 is 2.25 bits per heavy atom. The molecule has 0 aliphatic rings. The molecule has 1 heterocycles. The predicted octanol–water partition coefficient (Wildman–Crippen LogP) is 2.38. The number of hydrogen-bond donors (Lipinski definition) is 0. The Labute approximate surface area is 67.6 Å². The zero-order valence-corrected chi connectivity index (χ0v) is 6.08. The van der Waals surface area contributed by atoms with E-state index in [9.17, 15) is 9.18 Å².